The largest absolute Gasteiger partial charge is 0.0623 e. The molecule has 0 fully saturated rings. The molecule has 0 atom stereocenters. The zero-order valence-corrected chi connectivity index (χ0v) is 19.4. The van der Waals surface area contributed by atoms with Gasteiger partial charge < -0.3 is 0 Å². The molecule has 0 amide bonds. The summed E-state index contributed by atoms with van der Waals surface area (Å²) in [6, 6.07) is 37.3. The van der Waals surface area contributed by atoms with E-state index in [0.717, 1.165) is 0 Å². The van der Waals surface area contributed by atoms with Crippen LogP contribution in [0.5, 0.6) is 0 Å². The highest BCUT2D eigenvalue weighted by Crippen LogP contribution is 2.03. The fourth-order valence-electron chi connectivity index (χ4n) is 2.49. The Hall–Kier alpha value is -3.12. The molecular formula is C30H36. The van der Waals surface area contributed by atoms with E-state index >= 15 is 0 Å². The lowest BCUT2D eigenvalue weighted by atomic mass is 10.1. The Bertz CT molecular complexity index is 849. The molecular weight excluding hydrogens is 360 g/mol. The van der Waals surface area contributed by atoms with Gasteiger partial charge in [0.25, 0.3) is 0 Å². The van der Waals surface area contributed by atoms with Crippen molar-refractivity contribution in [2.24, 2.45) is 0 Å². The number of benzene rings is 4. The van der Waals surface area contributed by atoms with Crippen LogP contribution in [0.2, 0.25) is 0 Å². The molecule has 0 aliphatic rings. The van der Waals surface area contributed by atoms with Gasteiger partial charge in [0.1, 0.15) is 0 Å². The molecule has 0 N–H and O–H groups in total. The lowest BCUT2D eigenvalue weighted by Crippen LogP contribution is -1.74. The molecule has 0 saturated heterocycles. The van der Waals surface area contributed by atoms with Crippen molar-refractivity contribution in [3.8, 4) is 0 Å². The number of hydrogen-bond donors (Lipinski definition) is 0. The van der Waals surface area contributed by atoms with Crippen LogP contribution in [0.3, 0.4) is 0 Å². The van der Waals surface area contributed by atoms with Crippen LogP contribution in [-0.2, 0) is 0 Å². The van der Waals surface area contributed by atoms with Crippen molar-refractivity contribution in [2.45, 2.75) is 41.5 Å². The minimum atomic E-state index is 1.33. The van der Waals surface area contributed by atoms with Gasteiger partial charge in [0, 0.05) is 0 Å². The normalized spacial score (nSPS) is 9.00. The van der Waals surface area contributed by atoms with Crippen molar-refractivity contribution in [2.75, 3.05) is 0 Å². The molecule has 0 spiro atoms. The highest BCUT2D eigenvalue weighted by atomic mass is 13.9. The van der Waals surface area contributed by atoms with Crippen molar-refractivity contribution in [1.82, 2.24) is 0 Å². The van der Waals surface area contributed by atoms with Gasteiger partial charge in [-0.3, -0.25) is 0 Å². The van der Waals surface area contributed by atoms with Gasteiger partial charge in [-0.25, -0.2) is 0 Å². The number of hydrogen-bond acceptors (Lipinski definition) is 0. The Balaban J connectivity index is 0.000000201. The van der Waals surface area contributed by atoms with E-state index in [9.17, 15) is 0 Å². The highest BCUT2D eigenvalue weighted by molar-refractivity contribution is 5.23. The van der Waals surface area contributed by atoms with E-state index in [1.807, 2.05) is 36.4 Å². The molecule has 0 aliphatic carbocycles. The Kier molecular flexibility index (Phi) is 12.3. The summed E-state index contributed by atoms with van der Waals surface area (Å²) in [5, 5.41) is 0. The SMILES string of the molecule is Cc1ccc(C)cc1.Cc1cccc(C)c1.Cc1ccccc1C.c1ccccc1. The molecule has 4 rings (SSSR count). The Morgan fingerprint density at radius 2 is 0.633 bits per heavy atom. The van der Waals surface area contributed by atoms with Crippen LogP contribution in [0.15, 0.2) is 109 Å². The Labute approximate surface area is 184 Å². The van der Waals surface area contributed by atoms with Crippen LogP contribution >= 0.6 is 0 Å². The van der Waals surface area contributed by atoms with E-state index in [1.54, 1.807) is 0 Å². The minimum absolute atomic E-state index is 1.33. The van der Waals surface area contributed by atoms with Gasteiger partial charge in [0.2, 0.25) is 0 Å². The van der Waals surface area contributed by atoms with Crippen LogP contribution in [0.4, 0.5) is 0 Å². The second-order valence-electron chi connectivity index (χ2n) is 7.55. The van der Waals surface area contributed by atoms with Gasteiger partial charge in [-0.1, -0.05) is 131 Å². The molecule has 0 nitrogen and oxygen atoms in total. The van der Waals surface area contributed by atoms with E-state index in [1.165, 1.54) is 33.4 Å². The van der Waals surface area contributed by atoms with Crippen LogP contribution < -0.4 is 0 Å². The number of aryl methyl sites for hydroxylation is 6. The van der Waals surface area contributed by atoms with E-state index in [4.69, 9.17) is 0 Å². The predicted octanol–water partition coefficient (Wildman–Crippen LogP) is 8.60. The van der Waals surface area contributed by atoms with E-state index in [2.05, 4.69) is 114 Å². The quantitative estimate of drug-likeness (QED) is 0.279. The third kappa shape index (κ3) is 12.4. The lowest BCUT2D eigenvalue weighted by molar-refractivity contribution is 1.34. The molecule has 4 aromatic rings. The summed E-state index contributed by atoms with van der Waals surface area (Å²) in [4.78, 5) is 0. The van der Waals surface area contributed by atoms with Gasteiger partial charge in [-0.05, 0) is 52.7 Å². The van der Waals surface area contributed by atoms with Crippen molar-refractivity contribution in [3.05, 3.63) is 143 Å². The topological polar surface area (TPSA) is 0 Å². The second-order valence-corrected chi connectivity index (χ2v) is 7.55. The third-order valence-electron chi connectivity index (χ3n) is 4.48. The summed E-state index contributed by atoms with van der Waals surface area (Å²) >= 11 is 0. The van der Waals surface area contributed by atoms with Crippen molar-refractivity contribution in [1.29, 1.82) is 0 Å². The second kappa shape index (κ2) is 14.8. The smallest absolute Gasteiger partial charge is 0.0395 e. The van der Waals surface area contributed by atoms with Crippen LogP contribution in [0.25, 0.3) is 0 Å². The lowest BCUT2D eigenvalue weighted by Gasteiger charge is -1.93. The standard InChI is InChI=1S/3C8H10.C6H6/c1-7-3-5-8(2)6-4-7;1-7-4-3-5-8(2)6-7;1-7-5-3-4-6-8(7)2;1-2-4-6-5-3-1/h3*3-6H,1-2H3;1-6H. The molecule has 30 heavy (non-hydrogen) atoms. The maximum absolute atomic E-state index is 2.17. The van der Waals surface area contributed by atoms with Crippen molar-refractivity contribution < 1.29 is 0 Å². The first kappa shape index (κ1) is 24.9. The maximum atomic E-state index is 2.17. The first-order valence-corrected chi connectivity index (χ1v) is 10.5. The summed E-state index contributed by atoms with van der Waals surface area (Å²) in [6.07, 6.45) is 0. The first-order valence-electron chi connectivity index (χ1n) is 10.5. The summed E-state index contributed by atoms with van der Waals surface area (Å²) < 4.78 is 0. The van der Waals surface area contributed by atoms with E-state index in [0.29, 0.717) is 0 Å². The predicted molar refractivity (Wildman–Crippen MR) is 134 cm³/mol. The van der Waals surface area contributed by atoms with Crippen LogP contribution in [0, 0.1) is 41.5 Å². The molecule has 0 heterocycles. The summed E-state index contributed by atoms with van der Waals surface area (Å²) in [6.45, 7) is 12.6. The third-order valence-corrected chi connectivity index (χ3v) is 4.48. The fourth-order valence-corrected chi connectivity index (χ4v) is 2.49. The molecule has 0 radical (unpaired) electrons. The molecule has 4 aromatic carbocycles. The molecule has 0 bridgehead atoms. The average molecular weight is 397 g/mol. The van der Waals surface area contributed by atoms with E-state index < -0.39 is 0 Å². The average Bonchev–Trinajstić information content (AvgIpc) is 2.75. The molecule has 156 valence electrons. The van der Waals surface area contributed by atoms with Gasteiger partial charge in [0.15, 0.2) is 0 Å². The molecule has 0 aliphatic heterocycles. The number of rotatable bonds is 0. The Morgan fingerprint density at radius 1 is 0.300 bits per heavy atom. The van der Waals surface area contributed by atoms with Crippen LogP contribution in [-0.4, -0.2) is 0 Å². The zero-order chi connectivity index (χ0) is 22.2. The summed E-state index contributed by atoms with van der Waals surface area (Å²) in [5.41, 5.74) is 8.07. The molecule has 0 saturated carbocycles. The zero-order valence-electron chi connectivity index (χ0n) is 19.4. The van der Waals surface area contributed by atoms with Crippen molar-refractivity contribution in [3.63, 3.8) is 0 Å². The van der Waals surface area contributed by atoms with Gasteiger partial charge in [0.05, 0.1) is 0 Å². The fraction of sp³-hybridized carbons (Fsp3) is 0.200. The van der Waals surface area contributed by atoms with Crippen LogP contribution in [0.1, 0.15) is 33.4 Å². The maximum Gasteiger partial charge on any atom is -0.0395 e. The van der Waals surface area contributed by atoms with Crippen molar-refractivity contribution >= 4 is 0 Å². The van der Waals surface area contributed by atoms with Gasteiger partial charge >= 0.3 is 0 Å². The summed E-state index contributed by atoms with van der Waals surface area (Å²) in [5.74, 6) is 0. The highest BCUT2D eigenvalue weighted by Gasteiger charge is 1.84. The monoisotopic (exact) mass is 396 g/mol. The van der Waals surface area contributed by atoms with Gasteiger partial charge in [-0.15, -0.1) is 0 Å². The molecule has 0 heteroatoms. The van der Waals surface area contributed by atoms with Gasteiger partial charge in [-0.2, -0.15) is 0 Å². The molecule has 0 aromatic heterocycles. The Morgan fingerprint density at radius 3 is 0.867 bits per heavy atom. The summed E-state index contributed by atoms with van der Waals surface area (Å²) in [7, 11) is 0. The molecule has 0 unspecified atom stereocenters. The minimum Gasteiger partial charge on any atom is -0.0623 e. The van der Waals surface area contributed by atoms with E-state index in [-0.39, 0.29) is 0 Å². The first-order chi connectivity index (χ1) is 14.4.